The van der Waals surface area contributed by atoms with E-state index in [9.17, 15) is 0 Å². The number of benzene rings is 2. The van der Waals surface area contributed by atoms with Crippen LogP contribution < -0.4 is 10.5 Å². The number of anilines is 1. The minimum absolute atomic E-state index is 0.599. The van der Waals surface area contributed by atoms with Gasteiger partial charge in [-0.15, -0.1) is 0 Å². The standard InChI is InChI=1S/C13H12N2OS/c1-7-11(16-2)9-6-4-3-5-8(9)10-12(7)17-13(14)15-10/h3-6H,1-2H3,(H2,14,15). The molecule has 0 saturated carbocycles. The molecule has 0 atom stereocenters. The van der Waals surface area contributed by atoms with E-state index in [4.69, 9.17) is 10.5 Å². The van der Waals surface area contributed by atoms with Gasteiger partial charge in [-0.3, -0.25) is 0 Å². The zero-order valence-corrected chi connectivity index (χ0v) is 10.5. The van der Waals surface area contributed by atoms with Gasteiger partial charge in [0.05, 0.1) is 17.3 Å². The number of rotatable bonds is 1. The lowest BCUT2D eigenvalue weighted by molar-refractivity contribution is 0.417. The highest BCUT2D eigenvalue weighted by Gasteiger charge is 2.14. The molecule has 3 aromatic rings. The Morgan fingerprint density at radius 3 is 2.65 bits per heavy atom. The molecule has 3 rings (SSSR count). The Morgan fingerprint density at radius 1 is 1.24 bits per heavy atom. The number of nitrogens with zero attached hydrogens (tertiary/aromatic N) is 1. The lowest BCUT2D eigenvalue weighted by Crippen LogP contribution is -1.90. The number of aryl methyl sites for hydroxylation is 1. The summed E-state index contributed by atoms with van der Waals surface area (Å²) < 4.78 is 6.62. The maximum absolute atomic E-state index is 5.81. The maximum Gasteiger partial charge on any atom is 0.181 e. The Kier molecular flexibility index (Phi) is 2.19. The van der Waals surface area contributed by atoms with Crippen molar-refractivity contribution >= 4 is 37.5 Å². The second-order valence-corrected chi connectivity index (χ2v) is 4.96. The van der Waals surface area contributed by atoms with Crippen LogP contribution in [0.2, 0.25) is 0 Å². The monoisotopic (exact) mass is 244 g/mol. The summed E-state index contributed by atoms with van der Waals surface area (Å²) in [6.45, 7) is 2.05. The minimum atomic E-state index is 0.599. The molecule has 0 bridgehead atoms. The van der Waals surface area contributed by atoms with Crippen molar-refractivity contribution in [3.05, 3.63) is 29.8 Å². The Morgan fingerprint density at radius 2 is 1.94 bits per heavy atom. The number of thiazole rings is 1. The van der Waals surface area contributed by atoms with Gasteiger partial charge in [-0.25, -0.2) is 4.98 Å². The Hall–Kier alpha value is -1.81. The fourth-order valence-corrected chi connectivity index (χ4v) is 3.07. The molecule has 0 unspecified atom stereocenters. The van der Waals surface area contributed by atoms with Crippen molar-refractivity contribution in [1.82, 2.24) is 4.98 Å². The van der Waals surface area contributed by atoms with Crippen LogP contribution in [-0.2, 0) is 0 Å². The van der Waals surface area contributed by atoms with Crippen LogP contribution in [0.3, 0.4) is 0 Å². The Balaban J connectivity index is 2.62. The predicted molar refractivity (Wildman–Crippen MR) is 72.8 cm³/mol. The molecule has 86 valence electrons. The van der Waals surface area contributed by atoms with Gasteiger partial charge in [0.25, 0.3) is 0 Å². The number of nitrogens with two attached hydrogens (primary N) is 1. The molecular weight excluding hydrogens is 232 g/mol. The average molecular weight is 244 g/mol. The first kappa shape index (κ1) is 10.4. The molecule has 4 heteroatoms. The number of aromatic nitrogens is 1. The molecule has 0 aliphatic heterocycles. The average Bonchev–Trinajstić information content (AvgIpc) is 2.72. The van der Waals surface area contributed by atoms with E-state index in [1.54, 1.807) is 7.11 Å². The molecule has 2 N–H and O–H groups in total. The topological polar surface area (TPSA) is 48.1 Å². The van der Waals surface area contributed by atoms with E-state index in [0.717, 1.165) is 32.3 Å². The summed E-state index contributed by atoms with van der Waals surface area (Å²) in [6, 6.07) is 8.12. The highest BCUT2D eigenvalue weighted by Crippen LogP contribution is 2.40. The van der Waals surface area contributed by atoms with E-state index in [-0.39, 0.29) is 0 Å². The van der Waals surface area contributed by atoms with Gasteiger partial charge in [0.2, 0.25) is 0 Å². The normalized spacial score (nSPS) is 11.2. The molecule has 1 heterocycles. The van der Waals surface area contributed by atoms with Gasteiger partial charge in [0.1, 0.15) is 5.75 Å². The SMILES string of the molecule is COc1c(C)c2sc(N)nc2c2ccccc12. The van der Waals surface area contributed by atoms with Crippen molar-refractivity contribution in [2.24, 2.45) is 0 Å². The van der Waals surface area contributed by atoms with Gasteiger partial charge >= 0.3 is 0 Å². The number of ether oxygens (including phenoxy) is 1. The van der Waals surface area contributed by atoms with Crippen molar-refractivity contribution in [2.45, 2.75) is 6.92 Å². The first-order valence-electron chi connectivity index (χ1n) is 5.33. The van der Waals surface area contributed by atoms with E-state index in [0.29, 0.717) is 5.13 Å². The lowest BCUT2D eigenvalue weighted by atomic mass is 10.0. The van der Waals surface area contributed by atoms with Crippen LogP contribution in [0.1, 0.15) is 5.56 Å². The molecule has 0 aliphatic rings. The number of hydrogen-bond acceptors (Lipinski definition) is 4. The van der Waals surface area contributed by atoms with Gasteiger partial charge in [-0.1, -0.05) is 35.6 Å². The summed E-state index contributed by atoms with van der Waals surface area (Å²) in [6.07, 6.45) is 0. The van der Waals surface area contributed by atoms with Crippen molar-refractivity contribution in [2.75, 3.05) is 12.8 Å². The van der Waals surface area contributed by atoms with Crippen molar-refractivity contribution in [3.8, 4) is 5.75 Å². The van der Waals surface area contributed by atoms with Crippen LogP contribution in [0.25, 0.3) is 21.0 Å². The molecule has 0 aliphatic carbocycles. The molecule has 0 fully saturated rings. The van der Waals surface area contributed by atoms with E-state index < -0.39 is 0 Å². The molecule has 1 aromatic heterocycles. The van der Waals surface area contributed by atoms with Gasteiger partial charge in [-0.2, -0.15) is 0 Å². The summed E-state index contributed by atoms with van der Waals surface area (Å²) in [5.74, 6) is 0.914. The van der Waals surface area contributed by atoms with E-state index in [1.165, 1.54) is 11.3 Å². The highest BCUT2D eigenvalue weighted by molar-refractivity contribution is 7.22. The summed E-state index contributed by atoms with van der Waals surface area (Å²) in [4.78, 5) is 4.42. The van der Waals surface area contributed by atoms with Crippen LogP contribution in [0.5, 0.6) is 5.75 Å². The molecule has 0 spiro atoms. The third-order valence-corrected chi connectivity index (χ3v) is 3.96. The fourth-order valence-electron chi connectivity index (χ4n) is 2.23. The number of fused-ring (bicyclic) bond motifs is 3. The molecule has 3 nitrogen and oxygen atoms in total. The van der Waals surface area contributed by atoms with Crippen molar-refractivity contribution in [1.29, 1.82) is 0 Å². The quantitative estimate of drug-likeness (QED) is 0.714. The van der Waals surface area contributed by atoms with Crippen molar-refractivity contribution < 1.29 is 4.74 Å². The maximum atomic E-state index is 5.81. The molecule has 17 heavy (non-hydrogen) atoms. The third kappa shape index (κ3) is 1.37. The zero-order chi connectivity index (χ0) is 12.0. The number of hydrogen-bond donors (Lipinski definition) is 1. The smallest absolute Gasteiger partial charge is 0.181 e. The lowest BCUT2D eigenvalue weighted by Gasteiger charge is -2.09. The Bertz CT molecular complexity index is 718. The van der Waals surface area contributed by atoms with Gasteiger partial charge in [0, 0.05) is 16.3 Å². The van der Waals surface area contributed by atoms with E-state index >= 15 is 0 Å². The predicted octanol–water partition coefficient (Wildman–Crippen LogP) is 3.35. The van der Waals surface area contributed by atoms with Gasteiger partial charge in [0.15, 0.2) is 5.13 Å². The van der Waals surface area contributed by atoms with Crippen LogP contribution in [-0.4, -0.2) is 12.1 Å². The second kappa shape index (κ2) is 3.60. The van der Waals surface area contributed by atoms with Crippen LogP contribution in [0.4, 0.5) is 5.13 Å². The molecular formula is C13H12N2OS. The van der Waals surface area contributed by atoms with E-state index in [2.05, 4.69) is 17.1 Å². The number of methoxy groups -OCH3 is 1. The summed E-state index contributed by atoms with van der Waals surface area (Å²) in [7, 11) is 1.70. The first-order valence-corrected chi connectivity index (χ1v) is 6.15. The first-order chi connectivity index (χ1) is 8.22. The molecule has 0 saturated heterocycles. The fraction of sp³-hybridized carbons (Fsp3) is 0.154. The zero-order valence-electron chi connectivity index (χ0n) is 9.65. The third-order valence-electron chi connectivity index (χ3n) is 2.96. The molecule has 0 amide bonds. The van der Waals surface area contributed by atoms with Crippen LogP contribution in [0, 0.1) is 6.92 Å². The summed E-state index contributed by atoms with van der Waals surface area (Å²) in [5.41, 5.74) is 7.89. The summed E-state index contributed by atoms with van der Waals surface area (Å²) >= 11 is 1.51. The number of nitrogen functional groups attached to an aromatic ring is 1. The van der Waals surface area contributed by atoms with Crippen molar-refractivity contribution in [3.63, 3.8) is 0 Å². The van der Waals surface area contributed by atoms with Crippen LogP contribution >= 0.6 is 11.3 Å². The van der Waals surface area contributed by atoms with Gasteiger partial charge in [-0.05, 0) is 6.92 Å². The molecule has 2 aromatic carbocycles. The highest BCUT2D eigenvalue weighted by atomic mass is 32.1. The second-order valence-electron chi connectivity index (χ2n) is 3.93. The van der Waals surface area contributed by atoms with E-state index in [1.807, 2.05) is 19.1 Å². The largest absolute Gasteiger partial charge is 0.496 e. The van der Waals surface area contributed by atoms with Gasteiger partial charge < -0.3 is 10.5 Å². The minimum Gasteiger partial charge on any atom is -0.496 e. The summed E-state index contributed by atoms with van der Waals surface area (Å²) in [5, 5.41) is 2.78. The Labute approximate surface area is 103 Å². The molecule has 0 radical (unpaired) electrons. The van der Waals surface area contributed by atoms with Crippen LogP contribution in [0.15, 0.2) is 24.3 Å².